The molecule has 0 N–H and O–H groups in total. The lowest BCUT2D eigenvalue weighted by atomic mass is 9.95. The zero-order valence-electron chi connectivity index (χ0n) is 19.2. The second-order valence-corrected chi connectivity index (χ2v) is 9.13. The molecule has 0 radical (unpaired) electrons. The smallest absolute Gasteiger partial charge is 0.290 e. The summed E-state index contributed by atoms with van der Waals surface area (Å²) in [4.78, 5) is 29.0. The zero-order valence-corrected chi connectivity index (χ0v) is 19.2. The van der Waals surface area contributed by atoms with Crippen LogP contribution in [0.1, 0.15) is 64.2 Å². The number of carbonyl (C=O) groups is 1. The monoisotopic (exact) mass is 437 g/mol. The third-order valence-corrected chi connectivity index (χ3v) is 6.53. The van der Waals surface area contributed by atoms with Crippen LogP contribution in [-0.2, 0) is 6.42 Å². The lowest BCUT2D eigenvalue weighted by Gasteiger charge is -2.25. The minimum atomic E-state index is -0.459. The van der Waals surface area contributed by atoms with Crippen molar-refractivity contribution < 1.29 is 9.21 Å². The number of hydrogen-bond donors (Lipinski definition) is 0. The van der Waals surface area contributed by atoms with Gasteiger partial charge in [-0.2, -0.15) is 0 Å². The van der Waals surface area contributed by atoms with Crippen molar-refractivity contribution in [3.63, 3.8) is 0 Å². The highest BCUT2D eigenvalue weighted by atomic mass is 16.3. The molecule has 1 amide bonds. The molecule has 5 rings (SSSR count). The fourth-order valence-electron chi connectivity index (χ4n) is 4.66. The molecule has 1 aliphatic heterocycles. The number of carbonyl (C=O) groups excluding carboxylic acids is 1. The minimum Gasteiger partial charge on any atom is -0.450 e. The van der Waals surface area contributed by atoms with Crippen LogP contribution < -0.4 is 5.43 Å². The van der Waals surface area contributed by atoms with E-state index in [1.165, 1.54) is 5.56 Å². The molecule has 1 aliphatic rings. The van der Waals surface area contributed by atoms with Crippen LogP contribution in [0.25, 0.3) is 11.0 Å². The average molecular weight is 438 g/mol. The molecular weight excluding hydrogens is 410 g/mol. The second kappa shape index (κ2) is 8.36. The van der Waals surface area contributed by atoms with Crippen molar-refractivity contribution in [1.82, 2.24) is 4.90 Å². The molecule has 4 nitrogen and oxygen atoms in total. The molecule has 0 aliphatic carbocycles. The van der Waals surface area contributed by atoms with Gasteiger partial charge in [-0.25, -0.2) is 0 Å². The van der Waals surface area contributed by atoms with Gasteiger partial charge in [0.15, 0.2) is 5.43 Å². The number of aryl methyl sites for hydroxylation is 1. The number of hydrogen-bond acceptors (Lipinski definition) is 3. The lowest BCUT2D eigenvalue weighted by Crippen LogP contribution is -2.31. The minimum absolute atomic E-state index is 0.125. The van der Waals surface area contributed by atoms with Crippen molar-refractivity contribution in [2.24, 2.45) is 0 Å². The van der Waals surface area contributed by atoms with Gasteiger partial charge in [0.1, 0.15) is 5.58 Å². The highest BCUT2D eigenvalue weighted by Crippen LogP contribution is 2.38. The maximum absolute atomic E-state index is 13.6. The second-order valence-electron chi connectivity index (χ2n) is 9.13. The van der Waals surface area contributed by atoms with Crippen molar-refractivity contribution in [2.75, 3.05) is 6.54 Å². The largest absolute Gasteiger partial charge is 0.450 e. The molecule has 1 atom stereocenters. The quantitative estimate of drug-likeness (QED) is 0.384. The van der Waals surface area contributed by atoms with Gasteiger partial charge < -0.3 is 9.32 Å². The summed E-state index contributed by atoms with van der Waals surface area (Å²) in [6, 6.07) is 23.4. The van der Waals surface area contributed by atoms with Gasteiger partial charge in [-0.05, 0) is 53.6 Å². The van der Waals surface area contributed by atoms with Gasteiger partial charge in [0.2, 0.25) is 5.76 Å². The molecule has 0 saturated carbocycles. The standard InChI is InChI=1S/C29H27NO3/c1-18(2)21-10-12-22(13-11-21)26-25-27(31)23-14-9-19(3)17-24(23)33-28(25)29(32)30(26)16-15-20-7-5-4-6-8-20/h4-14,17-18,26H,15-16H2,1-3H3/t26-/m1/s1. The van der Waals surface area contributed by atoms with Crippen LogP contribution in [0.5, 0.6) is 0 Å². The Hall–Kier alpha value is -3.66. The van der Waals surface area contributed by atoms with Crippen molar-refractivity contribution in [3.8, 4) is 0 Å². The van der Waals surface area contributed by atoms with Crippen LogP contribution in [-0.4, -0.2) is 17.4 Å². The van der Waals surface area contributed by atoms with Crippen LogP contribution in [0, 0.1) is 6.92 Å². The predicted molar refractivity (Wildman–Crippen MR) is 131 cm³/mol. The third-order valence-electron chi connectivity index (χ3n) is 6.53. The Labute approximate surface area is 193 Å². The van der Waals surface area contributed by atoms with E-state index < -0.39 is 6.04 Å². The fourth-order valence-corrected chi connectivity index (χ4v) is 4.66. The normalized spacial score (nSPS) is 15.5. The maximum atomic E-state index is 13.6. The Morgan fingerprint density at radius 1 is 0.939 bits per heavy atom. The van der Waals surface area contributed by atoms with Gasteiger partial charge in [-0.1, -0.05) is 74.5 Å². The summed E-state index contributed by atoms with van der Waals surface area (Å²) in [5.74, 6) is 0.353. The van der Waals surface area contributed by atoms with Crippen LogP contribution in [0.4, 0.5) is 0 Å². The Kier molecular flexibility index (Phi) is 5.37. The molecule has 0 unspecified atom stereocenters. The van der Waals surface area contributed by atoms with Crippen molar-refractivity contribution in [1.29, 1.82) is 0 Å². The summed E-state index contributed by atoms with van der Waals surface area (Å²) in [7, 11) is 0. The highest BCUT2D eigenvalue weighted by Gasteiger charge is 2.42. The van der Waals surface area contributed by atoms with E-state index in [0.717, 1.165) is 16.7 Å². The van der Waals surface area contributed by atoms with Gasteiger partial charge in [-0.15, -0.1) is 0 Å². The van der Waals surface area contributed by atoms with Crippen molar-refractivity contribution in [3.05, 3.63) is 117 Å². The molecule has 166 valence electrons. The van der Waals surface area contributed by atoms with E-state index >= 15 is 0 Å². The first-order chi connectivity index (χ1) is 15.9. The Morgan fingerprint density at radius 2 is 1.67 bits per heavy atom. The Morgan fingerprint density at radius 3 is 2.36 bits per heavy atom. The number of benzene rings is 3. The van der Waals surface area contributed by atoms with E-state index in [0.29, 0.717) is 35.4 Å². The first-order valence-electron chi connectivity index (χ1n) is 11.5. The summed E-state index contributed by atoms with van der Waals surface area (Å²) < 4.78 is 6.08. The molecule has 33 heavy (non-hydrogen) atoms. The van der Waals surface area contributed by atoms with Gasteiger partial charge in [0.25, 0.3) is 5.91 Å². The van der Waals surface area contributed by atoms with E-state index in [2.05, 4.69) is 38.1 Å². The van der Waals surface area contributed by atoms with Crippen molar-refractivity contribution >= 4 is 16.9 Å². The topological polar surface area (TPSA) is 50.5 Å². The summed E-state index contributed by atoms with van der Waals surface area (Å²) in [5, 5.41) is 0.515. The SMILES string of the molecule is Cc1ccc2c(=O)c3c(oc2c1)C(=O)N(CCc1ccccc1)[C@@H]3c1ccc(C(C)C)cc1. The van der Waals surface area contributed by atoms with E-state index in [1.807, 2.05) is 49.4 Å². The molecule has 3 aromatic carbocycles. The first kappa shape index (κ1) is 21.2. The van der Waals surface area contributed by atoms with E-state index in [4.69, 9.17) is 4.42 Å². The zero-order chi connectivity index (χ0) is 23.1. The van der Waals surface area contributed by atoms with E-state index in [-0.39, 0.29) is 17.1 Å². The first-order valence-corrected chi connectivity index (χ1v) is 11.5. The molecule has 2 heterocycles. The molecule has 1 aromatic heterocycles. The van der Waals surface area contributed by atoms with Crippen LogP contribution in [0.3, 0.4) is 0 Å². The molecule has 4 aromatic rings. The van der Waals surface area contributed by atoms with E-state index in [9.17, 15) is 9.59 Å². The van der Waals surface area contributed by atoms with Crippen LogP contribution in [0.15, 0.2) is 82.0 Å². The van der Waals surface area contributed by atoms with E-state index in [1.54, 1.807) is 11.0 Å². The number of fused-ring (bicyclic) bond motifs is 2. The highest BCUT2D eigenvalue weighted by molar-refractivity contribution is 5.99. The molecule has 0 fully saturated rings. The van der Waals surface area contributed by atoms with Gasteiger partial charge in [0, 0.05) is 6.54 Å². The molecular formula is C29H27NO3. The molecule has 0 spiro atoms. The maximum Gasteiger partial charge on any atom is 0.290 e. The predicted octanol–water partition coefficient (Wildman–Crippen LogP) is 6.01. The third kappa shape index (κ3) is 3.76. The van der Waals surface area contributed by atoms with Crippen molar-refractivity contribution in [2.45, 2.75) is 39.2 Å². The molecule has 4 heteroatoms. The van der Waals surface area contributed by atoms with Gasteiger partial charge >= 0.3 is 0 Å². The fraction of sp³-hybridized carbons (Fsp3) is 0.241. The molecule has 0 bridgehead atoms. The lowest BCUT2D eigenvalue weighted by molar-refractivity contribution is 0.0730. The summed E-state index contributed by atoms with van der Waals surface area (Å²) in [6.45, 7) is 6.74. The van der Waals surface area contributed by atoms with Crippen LogP contribution >= 0.6 is 0 Å². The van der Waals surface area contributed by atoms with Gasteiger partial charge in [0.05, 0.1) is 17.0 Å². The van der Waals surface area contributed by atoms with Gasteiger partial charge in [-0.3, -0.25) is 9.59 Å². The number of nitrogens with zero attached hydrogens (tertiary/aromatic N) is 1. The summed E-state index contributed by atoms with van der Waals surface area (Å²) in [6.07, 6.45) is 0.702. The Balaban J connectivity index is 1.64. The Bertz CT molecular complexity index is 1380. The number of amides is 1. The summed E-state index contributed by atoms with van der Waals surface area (Å²) in [5.41, 5.74) is 5.07. The van der Waals surface area contributed by atoms with Crippen LogP contribution in [0.2, 0.25) is 0 Å². The number of rotatable bonds is 5. The summed E-state index contributed by atoms with van der Waals surface area (Å²) >= 11 is 0. The molecule has 0 saturated heterocycles. The average Bonchev–Trinajstić information content (AvgIpc) is 3.10.